The van der Waals surface area contributed by atoms with Gasteiger partial charge in [0.25, 0.3) is 0 Å². The van der Waals surface area contributed by atoms with Gasteiger partial charge in [-0.1, -0.05) is 0 Å². The largest absolute Gasteiger partial charge is 0.490 e. The summed E-state index contributed by atoms with van der Waals surface area (Å²) in [6, 6.07) is 1.69. The van der Waals surface area contributed by atoms with Gasteiger partial charge in [-0.2, -0.15) is 0 Å². The molecular formula is C33H43FN2O5. The van der Waals surface area contributed by atoms with E-state index in [1.165, 1.54) is 6.07 Å². The van der Waals surface area contributed by atoms with Crippen LogP contribution in [0.1, 0.15) is 98.4 Å². The highest BCUT2D eigenvalue weighted by Gasteiger charge is 2.38. The number of hydrogen-bond donors (Lipinski definition) is 1. The number of carbonyl (C=O) groups excluding carboxylic acids is 1. The van der Waals surface area contributed by atoms with Gasteiger partial charge in [-0.05, 0) is 126 Å². The predicted molar refractivity (Wildman–Crippen MR) is 156 cm³/mol. The number of benzene rings is 2. The Kier molecular flexibility index (Phi) is 7.83. The number of rotatable bonds is 4. The molecule has 2 atom stereocenters. The Morgan fingerprint density at radius 1 is 1.05 bits per heavy atom. The van der Waals surface area contributed by atoms with Crippen molar-refractivity contribution < 1.29 is 28.6 Å². The minimum atomic E-state index is -1.27. The van der Waals surface area contributed by atoms with Crippen LogP contribution in [0.15, 0.2) is 6.07 Å². The van der Waals surface area contributed by atoms with Crippen LogP contribution in [0.25, 0.3) is 11.1 Å². The number of fused-ring (bicyclic) bond motifs is 2. The van der Waals surface area contributed by atoms with E-state index in [2.05, 4.69) is 6.92 Å². The van der Waals surface area contributed by atoms with Gasteiger partial charge in [0.15, 0.2) is 17.7 Å². The Balaban J connectivity index is 1.71. The van der Waals surface area contributed by atoms with E-state index in [9.17, 15) is 14.7 Å². The van der Waals surface area contributed by atoms with E-state index in [1.54, 1.807) is 0 Å². The fourth-order valence-corrected chi connectivity index (χ4v) is 6.90. The molecule has 3 heterocycles. The van der Waals surface area contributed by atoms with Crippen LogP contribution >= 0.6 is 0 Å². The van der Waals surface area contributed by atoms with Crippen molar-refractivity contribution in [3.63, 3.8) is 0 Å². The number of aliphatic carboxylic acids is 1. The number of nitrogens with zero attached hydrogens (tertiary/aromatic N) is 2. The third-order valence-electron chi connectivity index (χ3n) is 9.00. The first-order valence-electron chi connectivity index (χ1n) is 14.9. The van der Waals surface area contributed by atoms with Gasteiger partial charge in [-0.3, -0.25) is 0 Å². The molecule has 1 fully saturated rings. The van der Waals surface area contributed by atoms with Crippen LogP contribution in [0.4, 0.5) is 9.18 Å². The summed E-state index contributed by atoms with van der Waals surface area (Å²) >= 11 is 0. The van der Waals surface area contributed by atoms with Crippen molar-refractivity contribution in [2.75, 3.05) is 13.2 Å². The highest BCUT2D eigenvalue weighted by Crippen LogP contribution is 2.47. The van der Waals surface area contributed by atoms with Crippen LogP contribution in [-0.4, -0.2) is 51.7 Å². The third kappa shape index (κ3) is 5.31. The number of carboxylic acids is 1. The van der Waals surface area contributed by atoms with Crippen molar-refractivity contribution >= 4 is 12.0 Å². The van der Waals surface area contributed by atoms with Crippen molar-refractivity contribution in [1.82, 2.24) is 9.80 Å². The lowest BCUT2D eigenvalue weighted by Crippen LogP contribution is -2.47. The minimum absolute atomic E-state index is 0.0178. The molecule has 3 aliphatic heterocycles. The van der Waals surface area contributed by atoms with Gasteiger partial charge >= 0.3 is 12.0 Å². The van der Waals surface area contributed by atoms with Crippen LogP contribution in [0, 0.1) is 26.6 Å². The van der Waals surface area contributed by atoms with Crippen LogP contribution < -0.4 is 4.74 Å². The monoisotopic (exact) mass is 566 g/mol. The summed E-state index contributed by atoms with van der Waals surface area (Å²) in [4.78, 5) is 30.4. The zero-order valence-corrected chi connectivity index (χ0v) is 25.4. The van der Waals surface area contributed by atoms with Gasteiger partial charge < -0.3 is 24.4 Å². The fraction of sp³-hybridized carbons (Fsp3) is 0.576. The number of ether oxygens (including phenoxy) is 2. The average Bonchev–Trinajstić information content (AvgIpc) is 3.37. The highest BCUT2D eigenvalue weighted by atomic mass is 19.1. The number of carbonyl (C=O) groups is 2. The highest BCUT2D eigenvalue weighted by molar-refractivity contribution is 5.86. The molecule has 2 aromatic rings. The summed E-state index contributed by atoms with van der Waals surface area (Å²) in [5.41, 5.74) is 6.46. The lowest BCUT2D eigenvalue weighted by atomic mass is 9.81. The van der Waals surface area contributed by atoms with Crippen LogP contribution in [0.2, 0.25) is 0 Å². The van der Waals surface area contributed by atoms with Crippen molar-refractivity contribution in [1.29, 1.82) is 0 Å². The number of amides is 2. The Hall–Kier alpha value is -3.13. The zero-order valence-electron chi connectivity index (χ0n) is 25.4. The summed E-state index contributed by atoms with van der Waals surface area (Å²) in [6.07, 6.45) is 3.35. The lowest BCUT2D eigenvalue weighted by molar-refractivity contribution is -0.160. The van der Waals surface area contributed by atoms with Gasteiger partial charge in [-0.15, -0.1) is 0 Å². The van der Waals surface area contributed by atoms with Gasteiger partial charge in [0, 0.05) is 36.8 Å². The first kappa shape index (κ1) is 29.4. The van der Waals surface area contributed by atoms with Crippen LogP contribution in [-0.2, 0) is 29.0 Å². The Morgan fingerprint density at radius 2 is 1.73 bits per heavy atom. The smallest absolute Gasteiger partial charge is 0.337 e. The Labute approximate surface area is 242 Å². The SMILES string of the molecule is Cc1c(-c2c(C)c3c(c(C)c2[C@H](OC(C)(C)C)C(=O)O)CN(C(=O)N2CCCC[C@H]2C)C3)cc(F)c2c1CCCO2. The van der Waals surface area contributed by atoms with Gasteiger partial charge in [0.05, 0.1) is 12.2 Å². The maximum atomic E-state index is 15.5. The lowest BCUT2D eigenvalue weighted by Gasteiger charge is -2.36. The number of hydrogen-bond acceptors (Lipinski definition) is 4. The summed E-state index contributed by atoms with van der Waals surface area (Å²) in [5.74, 6) is -1.25. The number of urea groups is 1. The molecule has 2 amide bonds. The Bertz CT molecular complexity index is 1400. The number of halogens is 1. The molecule has 5 rings (SSSR count). The van der Waals surface area contributed by atoms with Gasteiger partial charge in [0.1, 0.15) is 0 Å². The normalized spacial score (nSPS) is 19.5. The molecule has 8 heteroatoms. The molecule has 1 N–H and O–H groups in total. The minimum Gasteiger partial charge on any atom is -0.490 e. The standard InChI is InChI=1S/C33H43FN2O5/c1-18-11-8-9-13-36(18)32(39)35-16-24-20(3)27(23-15-26(34)29-22(19(23)2)12-10-14-40-29)28(21(4)25(24)17-35)30(31(37)38)41-33(5,6)7/h15,18,30H,8-14,16-17H2,1-7H3,(H,37,38)/t18-,30+/m1/s1. The summed E-state index contributed by atoms with van der Waals surface area (Å²) < 4.78 is 27.4. The first-order valence-corrected chi connectivity index (χ1v) is 14.9. The number of likely N-dealkylation sites (tertiary alicyclic amines) is 1. The number of piperidine rings is 1. The van der Waals surface area contributed by atoms with Crippen LogP contribution in [0.3, 0.4) is 0 Å². The van der Waals surface area contributed by atoms with Gasteiger partial charge in [-0.25, -0.2) is 14.0 Å². The molecule has 0 radical (unpaired) electrons. The van der Waals surface area contributed by atoms with E-state index in [4.69, 9.17) is 9.47 Å². The quantitative estimate of drug-likeness (QED) is 0.431. The average molecular weight is 567 g/mol. The van der Waals surface area contributed by atoms with E-state index in [-0.39, 0.29) is 12.1 Å². The maximum absolute atomic E-state index is 15.5. The molecule has 0 saturated carbocycles. The number of carboxylic acid groups (broad SMARTS) is 1. The fourth-order valence-electron chi connectivity index (χ4n) is 6.90. The van der Waals surface area contributed by atoms with E-state index in [0.29, 0.717) is 48.6 Å². The molecule has 1 saturated heterocycles. The molecule has 0 aromatic heterocycles. The third-order valence-corrected chi connectivity index (χ3v) is 9.00. The summed E-state index contributed by atoms with van der Waals surface area (Å²) in [6.45, 7) is 15.5. The van der Waals surface area contributed by atoms with Crippen molar-refractivity contribution in [3.05, 3.63) is 50.8 Å². The molecule has 0 aliphatic carbocycles. The second-order valence-corrected chi connectivity index (χ2v) is 12.9. The van der Waals surface area contributed by atoms with Gasteiger partial charge in [0.2, 0.25) is 0 Å². The molecule has 222 valence electrons. The predicted octanol–water partition coefficient (Wildman–Crippen LogP) is 6.99. The van der Waals surface area contributed by atoms with E-state index in [0.717, 1.165) is 65.6 Å². The molecule has 0 bridgehead atoms. The van der Waals surface area contributed by atoms with E-state index >= 15 is 4.39 Å². The molecule has 0 spiro atoms. The maximum Gasteiger partial charge on any atom is 0.337 e. The van der Waals surface area contributed by atoms with Crippen molar-refractivity contribution in [2.24, 2.45) is 0 Å². The molecule has 41 heavy (non-hydrogen) atoms. The molecule has 7 nitrogen and oxygen atoms in total. The molecule has 2 aromatic carbocycles. The zero-order chi connectivity index (χ0) is 29.8. The van der Waals surface area contributed by atoms with E-state index in [1.807, 2.05) is 51.3 Å². The van der Waals surface area contributed by atoms with Crippen molar-refractivity contribution in [2.45, 2.75) is 111 Å². The molecular weight excluding hydrogens is 523 g/mol. The van der Waals surface area contributed by atoms with Crippen LogP contribution in [0.5, 0.6) is 5.75 Å². The summed E-state index contributed by atoms with van der Waals surface area (Å²) in [5, 5.41) is 10.5. The van der Waals surface area contributed by atoms with Crippen molar-refractivity contribution in [3.8, 4) is 16.9 Å². The molecule has 0 unspecified atom stereocenters. The molecule has 3 aliphatic rings. The second-order valence-electron chi connectivity index (χ2n) is 12.9. The summed E-state index contributed by atoms with van der Waals surface area (Å²) in [7, 11) is 0. The topological polar surface area (TPSA) is 79.3 Å². The first-order chi connectivity index (χ1) is 19.3. The second kappa shape index (κ2) is 10.9. The van der Waals surface area contributed by atoms with E-state index < -0.39 is 23.5 Å². The Morgan fingerprint density at radius 3 is 2.37 bits per heavy atom.